The largest absolute Gasteiger partial charge is 0.453 e. The molecule has 128 valence electrons. The smallest absolute Gasteiger partial charge is 0.316 e. The molecule has 3 rings (SSSR count). The third kappa shape index (κ3) is 3.80. The fourth-order valence-electron chi connectivity index (χ4n) is 2.96. The first-order valence-corrected chi connectivity index (χ1v) is 8.40. The van der Waals surface area contributed by atoms with E-state index in [-0.39, 0.29) is 24.4 Å². The Morgan fingerprint density at radius 2 is 2.00 bits per heavy atom. The van der Waals surface area contributed by atoms with Gasteiger partial charge >= 0.3 is 6.01 Å². The average molecular weight is 331 g/mol. The molecule has 6 heteroatoms. The van der Waals surface area contributed by atoms with Crippen LogP contribution in [0.3, 0.4) is 0 Å². The van der Waals surface area contributed by atoms with Gasteiger partial charge in [-0.3, -0.25) is 4.79 Å². The lowest BCUT2D eigenvalue weighted by Gasteiger charge is -2.26. The van der Waals surface area contributed by atoms with Gasteiger partial charge in [0.1, 0.15) is 6.17 Å². The minimum Gasteiger partial charge on any atom is -0.453 e. The summed E-state index contributed by atoms with van der Waals surface area (Å²) in [6.45, 7) is 3.35. The topological polar surface area (TPSA) is 55.3 Å². The minimum atomic E-state index is -1.06. The van der Waals surface area contributed by atoms with Gasteiger partial charge in [-0.15, -0.1) is 0 Å². The number of carbonyl (C=O) groups excluding carboxylic acids is 1. The summed E-state index contributed by atoms with van der Waals surface area (Å²) in [7, 11) is 0. The van der Waals surface area contributed by atoms with Crippen molar-refractivity contribution in [1.29, 1.82) is 0 Å². The van der Waals surface area contributed by atoms with Crippen LogP contribution in [0.2, 0.25) is 0 Å². The van der Waals surface area contributed by atoms with Crippen LogP contribution in [0.5, 0.6) is 6.01 Å². The SMILES string of the molecule is CC1C=CC=C(c2cnc(OCC(=O)N3CCCCC3)nc2)C1F. The molecule has 0 aromatic carbocycles. The molecule has 0 bridgehead atoms. The summed E-state index contributed by atoms with van der Waals surface area (Å²) in [4.78, 5) is 22.0. The summed E-state index contributed by atoms with van der Waals surface area (Å²) in [6, 6.07) is 0.138. The molecule has 5 nitrogen and oxygen atoms in total. The van der Waals surface area contributed by atoms with Crippen molar-refractivity contribution in [2.45, 2.75) is 32.4 Å². The number of allylic oxidation sites excluding steroid dienone is 4. The van der Waals surface area contributed by atoms with Gasteiger partial charge in [0.25, 0.3) is 5.91 Å². The summed E-state index contributed by atoms with van der Waals surface area (Å²) < 4.78 is 19.6. The van der Waals surface area contributed by atoms with Gasteiger partial charge in [0, 0.05) is 37.0 Å². The zero-order chi connectivity index (χ0) is 16.9. The highest BCUT2D eigenvalue weighted by molar-refractivity contribution is 5.77. The van der Waals surface area contributed by atoms with Crippen molar-refractivity contribution in [3.8, 4) is 6.01 Å². The molecule has 2 heterocycles. The molecule has 1 aromatic rings. The summed E-state index contributed by atoms with van der Waals surface area (Å²) in [6.07, 6.45) is 10.7. The van der Waals surface area contributed by atoms with Crippen LogP contribution in [0.25, 0.3) is 5.57 Å². The first-order chi connectivity index (χ1) is 11.6. The number of piperidine rings is 1. The fourth-order valence-corrected chi connectivity index (χ4v) is 2.96. The minimum absolute atomic E-state index is 0.0415. The van der Waals surface area contributed by atoms with Crippen LogP contribution >= 0.6 is 0 Å². The highest BCUT2D eigenvalue weighted by Gasteiger charge is 2.23. The van der Waals surface area contributed by atoms with Crippen LogP contribution in [-0.4, -0.2) is 46.6 Å². The van der Waals surface area contributed by atoms with Crippen molar-refractivity contribution >= 4 is 11.5 Å². The van der Waals surface area contributed by atoms with Gasteiger partial charge in [-0.05, 0) is 24.8 Å². The van der Waals surface area contributed by atoms with Crippen LogP contribution in [-0.2, 0) is 4.79 Å². The number of alkyl halides is 1. The van der Waals surface area contributed by atoms with Crippen LogP contribution in [0.15, 0.2) is 30.6 Å². The van der Waals surface area contributed by atoms with E-state index in [0.717, 1.165) is 25.9 Å². The molecule has 2 unspecified atom stereocenters. The second-order valence-corrected chi connectivity index (χ2v) is 6.25. The van der Waals surface area contributed by atoms with E-state index in [2.05, 4.69) is 9.97 Å². The van der Waals surface area contributed by atoms with E-state index in [0.29, 0.717) is 11.1 Å². The Balaban J connectivity index is 1.58. The third-order valence-electron chi connectivity index (χ3n) is 4.44. The van der Waals surface area contributed by atoms with Crippen molar-refractivity contribution in [1.82, 2.24) is 14.9 Å². The zero-order valence-electron chi connectivity index (χ0n) is 13.8. The van der Waals surface area contributed by atoms with Gasteiger partial charge in [0.15, 0.2) is 6.61 Å². The number of likely N-dealkylation sites (tertiary alicyclic amines) is 1. The molecule has 24 heavy (non-hydrogen) atoms. The Bertz CT molecular complexity index is 636. The highest BCUT2D eigenvalue weighted by atomic mass is 19.1. The molecule has 1 fully saturated rings. The normalized spacial score (nSPS) is 23.8. The van der Waals surface area contributed by atoms with Crippen molar-refractivity contribution in [3.63, 3.8) is 0 Å². The van der Waals surface area contributed by atoms with Crippen LogP contribution in [0, 0.1) is 5.92 Å². The van der Waals surface area contributed by atoms with E-state index in [9.17, 15) is 9.18 Å². The third-order valence-corrected chi connectivity index (χ3v) is 4.44. The molecular weight excluding hydrogens is 309 g/mol. The van der Waals surface area contributed by atoms with E-state index < -0.39 is 6.17 Å². The van der Waals surface area contributed by atoms with Gasteiger partial charge in [-0.2, -0.15) is 0 Å². The molecular formula is C18H22FN3O2. The van der Waals surface area contributed by atoms with Gasteiger partial charge in [-0.1, -0.05) is 25.2 Å². The summed E-state index contributed by atoms with van der Waals surface area (Å²) >= 11 is 0. The van der Waals surface area contributed by atoms with Crippen molar-refractivity contribution in [3.05, 3.63) is 36.2 Å². The predicted octanol–water partition coefficient (Wildman–Crippen LogP) is 2.80. The van der Waals surface area contributed by atoms with E-state index >= 15 is 0 Å². The summed E-state index contributed by atoms with van der Waals surface area (Å²) in [5, 5.41) is 0. The lowest BCUT2D eigenvalue weighted by atomic mass is 9.90. The van der Waals surface area contributed by atoms with Gasteiger partial charge < -0.3 is 9.64 Å². The van der Waals surface area contributed by atoms with Crippen LogP contribution in [0.4, 0.5) is 4.39 Å². The van der Waals surface area contributed by atoms with Crippen LogP contribution < -0.4 is 4.74 Å². The maximum atomic E-state index is 14.2. The number of halogens is 1. The maximum Gasteiger partial charge on any atom is 0.316 e. The molecule has 0 N–H and O–H groups in total. The zero-order valence-corrected chi connectivity index (χ0v) is 13.8. The lowest BCUT2D eigenvalue weighted by Crippen LogP contribution is -2.38. The molecule has 2 atom stereocenters. The van der Waals surface area contributed by atoms with E-state index in [4.69, 9.17) is 4.74 Å². The number of aromatic nitrogens is 2. The Labute approximate surface area is 141 Å². The van der Waals surface area contributed by atoms with E-state index in [1.165, 1.54) is 18.8 Å². The van der Waals surface area contributed by atoms with Crippen LogP contribution in [0.1, 0.15) is 31.7 Å². The molecule has 1 amide bonds. The van der Waals surface area contributed by atoms with Gasteiger partial charge in [0.2, 0.25) is 0 Å². The molecule has 0 radical (unpaired) electrons. The molecule has 1 aliphatic carbocycles. The molecule has 2 aliphatic rings. The van der Waals surface area contributed by atoms with Crippen molar-refractivity contribution in [2.75, 3.05) is 19.7 Å². The van der Waals surface area contributed by atoms with Gasteiger partial charge in [-0.25, -0.2) is 14.4 Å². The Hall–Kier alpha value is -2.24. The second-order valence-electron chi connectivity index (χ2n) is 6.25. The standard InChI is InChI=1S/C18H22FN3O2/c1-13-6-5-7-15(17(13)19)14-10-20-18(21-11-14)24-12-16(23)22-8-3-2-4-9-22/h5-7,10-11,13,17H,2-4,8-9,12H2,1H3. The number of hydrogen-bond acceptors (Lipinski definition) is 4. The molecule has 1 aliphatic heterocycles. The quantitative estimate of drug-likeness (QED) is 0.851. The number of nitrogens with zero attached hydrogens (tertiary/aromatic N) is 3. The highest BCUT2D eigenvalue weighted by Crippen LogP contribution is 2.29. The molecule has 1 saturated heterocycles. The van der Waals surface area contributed by atoms with E-state index in [1.54, 1.807) is 6.08 Å². The Morgan fingerprint density at radius 1 is 1.29 bits per heavy atom. The monoisotopic (exact) mass is 331 g/mol. The van der Waals surface area contributed by atoms with E-state index in [1.807, 2.05) is 24.0 Å². The number of rotatable bonds is 4. The summed E-state index contributed by atoms with van der Waals surface area (Å²) in [5.41, 5.74) is 1.20. The number of amides is 1. The first kappa shape index (κ1) is 16.6. The summed E-state index contributed by atoms with van der Waals surface area (Å²) in [5.74, 6) is -0.205. The lowest BCUT2D eigenvalue weighted by molar-refractivity contribution is -0.134. The maximum absolute atomic E-state index is 14.2. The fraction of sp³-hybridized carbons (Fsp3) is 0.500. The number of hydrogen-bond donors (Lipinski definition) is 0. The van der Waals surface area contributed by atoms with Crippen molar-refractivity contribution < 1.29 is 13.9 Å². The Kier molecular flexibility index (Phi) is 5.23. The van der Waals surface area contributed by atoms with Crippen molar-refractivity contribution in [2.24, 2.45) is 5.92 Å². The first-order valence-electron chi connectivity index (χ1n) is 8.40. The Morgan fingerprint density at radius 3 is 2.71 bits per heavy atom. The number of carbonyl (C=O) groups is 1. The molecule has 0 saturated carbocycles. The second kappa shape index (κ2) is 7.55. The molecule has 0 spiro atoms. The van der Waals surface area contributed by atoms with Gasteiger partial charge in [0.05, 0.1) is 0 Å². The number of ether oxygens (including phenoxy) is 1. The molecule has 1 aromatic heterocycles. The average Bonchev–Trinajstić information content (AvgIpc) is 2.63. The predicted molar refractivity (Wildman–Crippen MR) is 89.1 cm³/mol.